The number of rotatable bonds is 8. The van der Waals surface area contributed by atoms with Gasteiger partial charge in [0, 0.05) is 19.3 Å². The summed E-state index contributed by atoms with van der Waals surface area (Å²) in [6.45, 7) is 7.89. The van der Waals surface area contributed by atoms with E-state index in [1.54, 1.807) is 18.0 Å². The zero-order chi connectivity index (χ0) is 19.8. The molecule has 0 saturated heterocycles. The number of anilines is 1. The minimum Gasteiger partial charge on any atom is -0.491 e. The molecule has 2 rings (SSSR count). The van der Waals surface area contributed by atoms with Gasteiger partial charge in [-0.1, -0.05) is 36.9 Å². The molecule has 0 fully saturated rings. The minimum atomic E-state index is -0.301. The summed E-state index contributed by atoms with van der Waals surface area (Å²) in [7, 11) is 1.77. The van der Waals surface area contributed by atoms with Crippen LogP contribution < -0.4 is 10.1 Å². The second-order valence-electron chi connectivity index (χ2n) is 6.59. The van der Waals surface area contributed by atoms with Crippen LogP contribution in [0.5, 0.6) is 5.75 Å². The van der Waals surface area contributed by atoms with Gasteiger partial charge in [-0.05, 0) is 49.2 Å². The summed E-state index contributed by atoms with van der Waals surface area (Å²) in [6.07, 6.45) is 1.50. The topological polar surface area (TPSA) is 58.6 Å². The predicted molar refractivity (Wildman–Crippen MR) is 108 cm³/mol. The first-order chi connectivity index (χ1) is 12.9. The number of nitrogens with zero attached hydrogens (tertiary/aromatic N) is 1. The van der Waals surface area contributed by atoms with Gasteiger partial charge >= 0.3 is 0 Å². The van der Waals surface area contributed by atoms with Crippen molar-refractivity contribution in [3.05, 3.63) is 72.3 Å². The molecular formula is C22H26N2O3. The molecule has 0 aliphatic rings. The lowest BCUT2D eigenvalue weighted by molar-refractivity contribution is -0.129. The van der Waals surface area contributed by atoms with Crippen LogP contribution >= 0.6 is 0 Å². The van der Waals surface area contributed by atoms with Crippen LogP contribution in [0.25, 0.3) is 0 Å². The molecule has 0 aliphatic carbocycles. The smallest absolute Gasteiger partial charge is 0.247 e. The van der Waals surface area contributed by atoms with Crippen LogP contribution in [0.2, 0.25) is 0 Å². The van der Waals surface area contributed by atoms with E-state index in [1.165, 1.54) is 6.08 Å². The normalized spacial score (nSPS) is 10.4. The Kier molecular flexibility index (Phi) is 7.17. The molecule has 0 aromatic heterocycles. The van der Waals surface area contributed by atoms with Gasteiger partial charge in [0.25, 0.3) is 0 Å². The number of carbonyl (C=O) groups excluding carboxylic acids is 2. The number of benzene rings is 2. The van der Waals surface area contributed by atoms with Crippen molar-refractivity contribution in [3.63, 3.8) is 0 Å². The van der Waals surface area contributed by atoms with Gasteiger partial charge in [0.05, 0.1) is 12.5 Å². The molecule has 2 amide bonds. The van der Waals surface area contributed by atoms with E-state index in [4.69, 9.17) is 4.74 Å². The highest BCUT2D eigenvalue weighted by atomic mass is 16.5. The number of hydrogen-bond acceptors (Lipinski definition) is 3. The number of likely N-dealkylation sites (N-methyl/N-ethyl adjacent to an activating group) is 1. The summed E-state index contributed by atoms with van der Waals surface area (Å²) in [5.41, 5.74) is 2.38. The molecule has 0 atom stereocenters. The SMILES string of the molecule is C=CC(=O)Nc1ccccc1CC(=O)N(C)Cc1cccc(OC(C)C)c1. The Morgan fingerprint density at radius 1 is 1.19 bits per heavy atom. The van der Waals surface area contributed by atoms with Crippen LogP contribution in [0.15, 0.2) is 61.2 Å². The summed E-state index contributed by atoms with van der Waals surface area (Å²) in [5.74, 6) is 0.455. The van der Waals surface area contributed by atoms with E-state index >= 15 is 0 Å². The summed E-state index contributed by atoms with van der Waals surface area (Å²) in [6, 6.07) is 15.0. The van der Waals surface area contributed by atoms with E-state index in [0.717, 1.165) is 16.9 Å². The average molecular weight is 366 g/mol. The van der Waals surface area contributed by atoms with E-state index in [1.807, 2.05) is 56.3 Å². The highest BCUT2D eigenvalue weighted by Crippen LogP contribution is 2.19. The largest absolute Gasteiger partial charge is 0.491 e. The van der Waals surface area contributed by atoms with Gasteiger partial charge in [-0.2, -0.15) is 0 Å². The number of amides is 2. The summed E-state index contributed by atoms with van der Waals surface area (Å²) < 4.78 is 5.70. The van der Waals surface area contributed by atoms with E-state index in [0.29, 0.717) is 12.2 Å². The molecule has 0 radical (unpaired) electrons. The molecule has 0 heterocycles. The molecule has 0 aliphatic heterocycles. The second-order valence-corrected chi connectivity index (χ2v) is 6.59. The fourth-order valence-electron chi connectivity index (χ4n) is 2.63. The molecule has 1 N–H and O–H groups in total. The van der Waals surface area contributed by atoms with Crippen molar-refractivity contribution in [1.82, 2.24) is 4.90 Å². The van der Waals surface area contributed by atoms with Gasteiger partial charge in [-0.15, -0.1) is 0 Å². The van der Waals surface area contributed by atoms with Crippen molar-refractivity contribution in [3.8, 4) is 5.75 Å². The first kappa shape index (κ1) is 20.2. The second kappa shape index (κ2) is 9.57. The zero-order valence-electron chi connectivity index (χ0n) is 16.1. The average Bonchev–Trinajstić information content (AvgIpc) is 2.62. The highest BCUT2D eigenvalue weighted by molar-refractivity contribution is 5.99. The van der Waals surface area contributed by atoms with Crippen molar-refractivity contribution in [2.45, 2.75) is 32.9 Å². The number of nitrogens with one attached hydrogen (secondary N) is 1. The molecule has 142 valence electrons. The number of para-hydroxylation sites is 1. The van der Waals surface area contributed by atoms with E-state index in [-0.39, 0.29) is 24.3 Å². The lowest BCUT2D eigenvalue weighted by atomic mass is 10.1. The molecule has 0 bridgehead atoms. The maximum atomic E-state index is 12.6. The number of hydrogen-bond donors (Lipinski definition) is 1. The molecule has 2 aromatic rings. The third-order valence-corrected chi connectivity index (χ3v) is 3.92. The fourth-order valence-corrected chi connectivity index (χ4v) is 2.63. The van der Waals surface area contributed by atoms with Crippen LogP contribution in [-0.2, 0) is 22.6 Å². The van der Waals surface area contributed by atoms with Crippen LogP contribution in [0.4, 0.5) is 5.69 Å². The van der Waals surface area contributed by atoms with Crippen molar-refractivity contribution >= 4 is 17.5 Å². The maximum Gasteiger partial charge on any atom is 0.247 e. The van der Waals surface area contributed by atoms with Crippen LogP contribution in [0.3, 0.4) is 0 Å². The Balaban J connectivity index is 2.04. The number of ether oxygens (including phenoxy) is 1. The highest BCUT2D eigenvalue weighted by Gasteiger charge is 2.14. The fraction of sp³-hybridized carbons (Fsp3) is 0.273. The molecule has 0 saturated carbocycles. The van der Waals surface area contributed by atoms with Crippen LogP contribution in [-0.4, -0.2) is 29.9 Å². The van der Waals surface area contributed by atoms with Crippen molar-refractivity contribution in [2.75, 3.05) is 12.4 Å². The quantitative estimate of drug-likeness (QED) is 0.723. The molecular weight excluding hydrogens is 340 g/mol. The van der Waals surface area contributed by atoms with Gasteiger partial charge in [0.2, 0.25) is 11.8 Å². The first-order valence-electron chi connectivity index (χ1n) is 8.90. The van der Waals surface area contributed by atoms with Gasteiger partial charge in [0.15, 0.2) is 0 Å². The van der Waals surface area contributed by atoms with Crippen molar-refractivity contribution in [1.29, 1.82) is 0 Å². The van der Waals surface area contributed by atoms with Crippen LogP contribution in [0, 0.1) is 0 Å². The Labute approximate surface area is 160 Å². The Bertz CT molecular complexity index is 815. The van der Waals surface area contributed by atoms with Crippen molar-refractivity contribution in [2.24, 2.45) is 0 Å². The van der Waals surface area contributed by atoms with E-state index in [2.05, 4.69) is 11.9 Å². The van der Waals surface area contributed by atoms with Gasteiger partial charge in [-0.3, -0.25) is 9.59 Å². The number of carbonyl (C=O) groups is 2. The van der Waals surface area contributed by atoms with Gasteiger partial charge < -0.3 is 15.0 Å². The summed E-state index contributed by atoms with van der Waals surface area (Å²) in [4.78, 5) is 25.9. The van der Waals surface area contributed by atoms with E-state index in [9.17, 15) is 9.59 Å². The Morgan fingerprint density at radius 2 is 1.93 bits per heavy atom. The van der Waals surface area contributed by atoms with Crippen LogP contribution in [0.1, 0.15) is 25.0 Å². The standard InChI is InChI=1S/C22H26N2O3/c1-5-21(25)23-20-12-7-6-10-18(20)14-22(26)24(4)15-17-9-8-11-19(13-17)27-16(2)3/h5-13,16H,1,14-15H2,2-4H3,(H,23,25). The third-order valence-electron chi connectivity index (χ3n) is 3.92. The lowest BCUT2D eigenvalue weighted by Crippen LogP contribution is -2.28. The molecule has 0 unspecified atom stereocenters. The van der Waals surface area contributed by atoms with Crippen molar-refractivity contribution < 1.29 is 14.3 Å². The molecule has 27 heavy (non-hydrogen) atoms. The third kappa shape index (κ3) is 6.29. The lowest BCUT2D eigenvalue weighted by Gasteiger charge is -2.19. The monoisotopic (exact) mass is 366 g/mol. The Morgan fingerprint density at radius 3 is 2.63 bits per heavy atom. The van der Waals surface area contributed by atoms with E-state index < -0.39 is 0 Å². The maximum absolute atomic E-state index is 12.6. The summed E-state index contributed by atoms with van der Waals surface area (Å²) >= 11 is 0. The molecule has 0 spiro atoms. The summed E-state index contributed by atoms with van der Waals surface area (Å²) in [5, 5.41) is 2.74. The predicted octanol–water partition coefficient (Wildman–Crippen LogP) is 3.80. The molecule has 5 heteroatoms. The van der Waals surface area contributed by atoms with Gasteiger partial charge in [0.1, 0.15) is 5.75 Å². The first-order valence-corrected chi connectivity index (χ1v) is 8.90. The van der Waals surface area contributed by atoms with Gasteiger partial charge in [-0.25, -0.2) is 0 Å². The molecule has 2 aromatic carbocycles. The Hall–Kier alpha value is -3.08. The minimum absolute atomic E-state index is 0.0366. The molecule has 5 nitrogen and oxygen atoms in total. The zero-order valence-corrected chi connectivity index (χ0v) is 16.1.